The maximum Gasteiger partial charge on any atom is 0.218 e. The van der Waals surface area contributed by atoms with Crippen molar-refractivity contribution in [3.05, 3.63) is 36.0 Å². The van der Waals surface area contributed by atoms with Crippen LogP contribution in [0.25, 0.3) is 10.8 Å². The summed E-state index contributed by atoms with van der Waals surface area (Å²) in [4.78, 5) is 4.24. The molecule has 3 nitrogen and oxygen atoms in total. The molecular weight excluding hydrogens is 176 g/mol. The summed E-state index contributed by atoms with van der Waals surface area (Å²) in [5.74, 6) is 0.691. The van der Waals surface area contributed by atoms with E-state index in [1.807, 2.05) is 24.4 Å². The van der Waals surface area contributed by atoms with Gasteiger partial charge in [-0.2, -0.15) is 0 Å². The standard InChI is InChI=1S/C11H10N2O/c12-9-6-14-11-10(9)8-4-2-1-3-7(8)5-13-11/h1-5,9H,6,12H2. The van der Waals surface area contributed by atoms with Crippen LogP contribution in [0.1, 0.15) is 11.6 Å². The van der Waals surface area contributed by atoms with Gasteiger partial charge in [0.15, 0.2) is 0 Å². The Kier molecular flexibility index (Phi) is 1.49. The van der Waals surface area contributed by atoms with Gasteiger partial charge in [0.25, 0.3) is 0 Å². The van der Waals surface area contributed by atoms with E-state index in [4.69, 9.17) is 10.5 Å². The molecule has 0 amide bonds. The van der Waals surface area contributed by atoms with Crippen LogP contribution in [-0.2, 0) is 0 Å². The number of rotatable bonds is 0. The highest BCUT2D eigenvalue weighted by Crippen LogP contribution is 2.34. The number of hydrogen-bond donors (Lipinski definition) is 1. The van der Waals surface area contributed by atoms with Crippen molar-refractivity contribution < 1.29 is 4.74 Å². The molecular formula is C11H10N2O. The van der Waals surface area contributed by atoms with Gasteiger partial charge in [0.2, 0.25) is 5.88 Å². The third-order valence-corrected chi connectivity index (χ3v) is 2.57. The Bertz CT molecular complexity index is 496. The molecule has 0 fully saturated rings. The number of nitrogens with zero attached hydrogens (tertiary/aromatic N) is 1. The Morgan fingerprint density at radius 2 is 2.21 bits per heavy atom. The lowest BCUT2D eigenvalue weighted by atomic mass is 10.0. The van der Waals surface area contributed by atoms with Crippen molar-refractivity contribution in [2.75, 3.05) is 6.61 Å². The van der Waals surface area contributed by atoms with Gasteiger partial charge >= 0.3 is 0 Å². The monoisotopic (exact) mass is 186 g/mol. The molecule has 1 aromatic carbocycles. The second-order valence-electron chi connectivity index (χ2n) is 3.48. The minimum absolute atomic E-state index is 0.0383. The Morgan fingerprint density at radius 3 is 3.14 bits per heavy atom. The fourth-order valence-electron chi connectivity index (χ4n) is 1.89. The van der Waals surface area contributed by atoms with Crippen LogP contribution in [0.15, 0.2) is 30.5 Å². The summed E-state index contributed by atoms with van der Waals surface area (Å²) in [5.41, 5.74) is 6.99. The van der Waals surface area contributed by atoms with E-state index in [1.54, 1.807) is 0 Å². The second-order valence-corrected chi connectivity index (χ2v) is 3.48. The Morgan fingerprint density at radius 1 is 1.36 bits per heavy atom. The van der Waals surface area contributed by atoms with Crippen LogP contribution >= 0.6 is 0 Å². The lowest BCUT2D eigenvalue weighted by Crippen LogP contribution is -2.11. The normalized spacial score (nSPS) is 19.4. The van der Waals surface area contributed by atoms with Crippen LogP contribution < -0.4 is 10.5 Å². The maximum absolute atomic E-state index is 5.95. The smallest absolute Gasteiger partial charge is 0.218 e. The first-order chi connectivity index (χ1) is 6.86. The molecule has 70 valence electrons. The van der Waals surface area contributed by atoms with Crippen molar-refractivity contribution in [2.24, 2.45) is 5.73 Å². The molecule has 0 saturated carbocycles. The molecule has 0 saturated heterocycles. The molecule has 1 aliphatic rings. The van der Waals surface area contributed by atoms with E-state index in [0.29, 0.717) is 12.5 Å². The van der Waals surface area contributed by atoms with Crippen molar-refractivity contribution in [3.63, 3.8) is 0 Å². The first-order valence-electron chi connectivity index (χ1n) is 4.62. The second kappa shape index (κ2) is 2.69. The number of pyridine rings is 1. The van der Waals surface area contributed by atoms with Gasteiger partial charge in [-0.25, -0.2) is 4.98 Å². The lowest BCUT2D eigenvalue weighted by molar-refractivity contribution is 0.323. The molecule has 2 N–H and O–H groups in total. The van der Waals surface area contributed by atoms with Crippen molar-refractivity contribution in [2.45, 2.75) is 6.04 Å². The molecule has 14 heavy (non-hydrogen) atoms. The molecule has 1 aromatic heterocycles. The van der Waals surface area contributed by atoms with Gasteiger partial charge in [-0.15, -0.1) is 0 Å². The van der Waals surface area contributed by atoms with Gasteiger partial charge in [0.05, 0.1) is 6.04 Å². The number of nitrogens with two attached hydrogens (primary N) is 1. The van der Waals surface area contributed by atoms with E-state index in [1.165, 1.54) is 0 Å². The first kappa shape index (κ1) is 7.76. The summed E-state index contributed by atoms with van der Waals surface area (Å²) in [7, 11) is 0. The largest absolute Gasteiger partial charge is 0.475 e. The zero-order valence-electron chi connectivity index (χ0n) is 7.60. The summed E-state index contributed by atoms with van der Waals surface area (Å²) < 4.78 is 5.38. The summed E-state index contributed by atoms with van der Waals surface area (Å²) in [6, 6.07) is 8.06. The van der Waals surface area contributed by atoms with Crippen LogP contribution in [0.3, 0.4) is 0 Å². The Labute approximate surface area is 81.5 Å². The first-order valence-corrected chi connectivity index (χ1v) is 4.62. The quantitative estimate of drug-likeness (QED) is 0.680. The zero-order chi connectivity index (χ0) is 9.54. The van der Waals surface area contributed by atoms with Crippen molar-refractivity contribution >= 4 is 10.8 Å². The predicted octanol–water partition coefficient (Wildman–Crippen LogP) is 1.63. The number of benzene rings is 1. The SMILES string of the molecule is NC1COc2ncc3ccccc3c21. The van der Waals surface area contributed by atoms with Crippen molar-refractivity contribution in [1.82, 2.24) is 4.98 Å². The molecule has 1 unspecified atom stereocenters. The third-order valence-electron chi connectivity index (χ3n) is 2.57. The van der Waals surface area contributed by atoms with E-state index in [2.05, 4.69) is 11.1 Å². The van der Waals surface area contributed by atoms with Crippen molar-refractivity contribution in [1.29, 1.82) is 0 Å². The fraction of sp³-hybridized carbons (Fsp3) is 0.182. The molecule has 3 heteroatoms. The van der Waals surface area contributed by atoms with Gasteiger partial charge in [0.1, 0.15) is 6.61 Å². The minimum atomic E-state index is -0.0383. The lowest BCUT2D eigenvalue weighted by Gasteiger charge is -2.04. The Balaban J connectivity index is 2.41. The summed E-state index contributed by atoms with van der Waals surface area (Å²) in [6.45, 7) is 0.538. The molecule has 0 aliphatic carbocycles. The summed E-state index contributed by atoms with van der Waals surface area (Å²) in [5, 5.41) is 2.27. The van der Waals surface area contributed by atoms with Gasteiger partial charge in [-0.05, 0) is 5.39 Å². The summed E-state index contributed by atoms with van der Waals surface area (Å²) >= 11 is 0. The third kappa shape index (κ3) is 0.930. The molecule has 1 aliphatic heterocycles. The molecule has 2 heterocycles. The molecule has 0 bridgehead atoms. The highest BCUT2D eigenvalue weighted by molar-refractivity contribution is 5.87. The van der Waals surface area contributed by atoms with E-state index in [9.17, 15) is 0 Å². The van der Waals surface area contributed by atoms with E-state index >= 15 is 0 Å². The van der Waals surface area contributed by atoms with Gasteiger partial charge < -0.3 is 10.5 Å². The van der Waals surface area contributed by atoms with Crippen LogP contribution in [0.4, 0.5) is 0 Å². The Hall–Kier alpha value is -1.61. The highest BCUT2D eigenvalue weighted by atomic mass is 16.5. The van der Waals surface area contributed by atoms with E-state index in [0.717, 1.165) is 16.3 Å². The molecule has 2 aromatic rings. The number of aromatic nitrogens is 1. The number of fused-ring (bicyclic) bond motifs is 3. The topological polar surface area (TPSA) is 48.1 Å². The number of ether oxygens (including phenoxy) is 1. The fourth-order valence-corrected chi connectivity index (χ4v) is 1.89. The van der Waals surface area contributed by atoms with E-state index in [-0.39, 0.29) is 6.04 Å². The highest BCUT2D eigenvalue weighted by Gasteiger charge is 2.23. The van der Waals surface area contributed by atoms with E-state index < -0.39 is 0 Å². The predicted molar refractivity (Wildman–Crippen MR) is 54.2 cm³/mol. The summed E-state index contributed by atoms with van der Waals surface area (Å²) in [6.07, 6.45) is 1.83. The molecule has 0 radical (unpaired) electrons. The van der Waals surface area contributed by atoms with Crippen LogP contribution in [0.5, 0.6) is 5.88 Å². The van der Waals surface area contributed by atoms with Crippen LogP contribution in [0.2, 0.25) is 0 Å². The number of hydrogen-bond acceptors (Lipinski definition) is 3. The van der Waals surface area contributed by atoms with Gasteiger partial charge in [-0.1, -0.05) is 24.3 Å². The van der Waals surface area contributed by atoms with Gasteiger partial charge in [0, 0.05) is 17.1 Å². The molecule has 1 atom stereocenters. The van der Waals surface area contributed by atoms with Crippen LogP contribution in [-0.4, -0.2) is 11.6 Å². The van der Waals surface area contributed by atoms with Crippen LogP contribution in [0, 0.1) is 0 Å². The average molecular weight is 186 g/mol. The molecule has 3 rings (SSSR count). The maximum atomic E-state index is 5.95. The average Bonchev–Trinajstić information content (AvgIpc) is 2.61. The zero-order valence-corrected chi connectivity index (χ0v) is 7.60. The van der Waals surface area contributed by atoms with Crippen molar-refractivity contribution in [3.8, 4) is 5.88 Å². The van der Waals surface area contributed by atoms with Gasteiger partial charge in [-0.3, -0.25) is 0 Å². The minimum Gasteiger partial charge on any atom is -0.475 e. The molecule has 0 spiro atoms.